The predicted molar refractivity (Wildman–Crippen MR) is 69.5 cm³/mol. The molecule has 102 valence electrons. The standard InChI is InChI=1S/C12H25NO3S/c1-13(9-6-10-16-2)17(14,15)11-12-7-4-3-5-8-12/h12H,3-11H2,1-2H3. The Morgan fingerprint density at radius 1 is 1.24 bits per heavy atom. The Hall–Kier alpha value is -0.130. The van der Waals surface area contributed by atoms with Crippen LogP contribution in [0.2, 0.25) is 0 Å². The first kappa shape index (κ1) is 14.9. The second kappa shape index (κ2) is 7.34. The zero-order valence-corrected chi connectivity index (χ0v) is 11.8. The molecule has 0 unspecified atom stereocenters. The summed E-state index contributed by atoms with van der Waals surface area (Å²) in [5.74, 6) is 0.704. The molecule has 0 aromatic heterocycles. The fourth-order valence-electron chi connectivity index (χ4n) is 2.35. The molecule has 1 rings (SSSR count). The summed E-state index contributed by atoms with van der Waals surface area (Å²) in [4.78, 5) is 0. The maximum absolute atomic E-state index is 12.1. The third-order valence-corrected chi connectivity index (χ3v) is 5.49. The molecule has 0 atom stereocenters. The van der Waals surface area contributed by atoms with Gasteiger partial charge in [-0.3, -0.25) is 0 Å². The first-order chi connectivity index (χ1) is 8.06. The average molecular weight is 263 g/mol. The third-order valence-electron chi connectivity index (χ3n) is 3.47. The van der Waals surface area contributed by atoms with Gasteiger partial charge in [0.2, 0.25) is 10.0 Å². The molecule has 0 spiro atoms. The van der Waals surface area contributed by atoms with Gasteiger partial charge in [-0.1, -0.05) is 19.3 Å². The minimum Gasteiger partial charge on any atom is -0.385 e. The molecule has 0 heterocycles. The maximum Gasteiger partial charge on any atom is 0.214 e. The van der Waals surface area contributed by atoms with E-state index in [2.05, 4.69) is 0 Å². The van der Waals surface area contributed by atoms with Crippen LogP contribution in [0.3, 0.4) is 0 Å². The van der Waals surface area contributed by atoms with Crippen LogP contribution in [-0.4, -0.2) is 45.8 Å². The fourth-order valence-corrected chi connectivity index (χ4v) is 3.94. The topological polar surface area (TPSA) is 46.6 Å². The Morgan fingerprint density at radius 3 is 2.47 bits per heavy atom. The normalized spacial score (nSPS) is 18.8. The van der Waals surface area contributed by atoms with Crippen LogP contribution in [-0.2, 0) is 14.8 Å². The Labute approximate surface area is 105 Å². The molecule has 0 amide bonds. The molecule has 1 aliphatic rings. The van der Waals surface area contributed by atoms with Crippen molar-refractivity contribution in [1.29, 1.82) is 0 Å². The second-order valence-corrected chi connectivity index (χ2v) is 7.07. The van der Waals surface area contributed by atoms with Gasteiger partial charge in [0.05, 0.1) is 5.75 Å². The first-order valence-corrected chi connectivity index (χ1v) is 8.10. The van der Waals surface area contributed by atoms with Gasteiger partial charge in [0, 0.05) is 27.3 Å². The maximum atomic E-state index is 12.1. The summed E-state index contributed by atoms with van der Waals surface area (Å²) in [6, 6.07) is 0. The van der Waals surface area contributed by atoms with E-state index in [-0.39, 0.29) is 0 Å². The molecule has 0 N–H and O–H groups in total. The molecule has 1 saturated carbocycles. The van der Waals surface area contributed by atoms with Crippen molar-refractivity contribution in [3.05, 3.63) is 0 Å². The highest BCUT2D eigenvalue weighted by Gasteiger charge is 2.24. The van der Waals surface area contributed by atoms with Crippen molar-refractivity contribution in [1.82, 2.24) is 4.31 Å². The van der Waals surface area contributed by atoms with E-state index in [4.69, 9.17) is 4.74 Å². The van der Waals surface area contributed by atoms with Crippen molar-refractivity contribution in [3.8, 4) is 0 Å². The summed E-state index contributed by atoms with van der Waals surface area (Å²) < 4.78 is 30.6. The van der Waals surface area contributed by atoms with Crippen molar-refractivity contribution in [2.75, 3.05) is 33.1 Å². The molecule has 0 aromatic rings. The Bertz CT molecular complexity index is 297. The number of hydrogen-bond donors (Lipinski definition) is 0. The zero-order chi connectivity index (χ0) is 12.7. The van der Waals surface area contributed by atoms with E-state index in [1.807, 2.05) is 0 Å². The van der Waals surface area contributed by atoms with Crippen LogP contribution in [0.1, 0.15) is 38.5 Å². The first-order valence-electron chi connectivity index (χ1n) is 6.49. The number of nitrogens with zero attached hydrogens (tertiary/aromatic N) is 1. The molecule has 17 heavy (non-hydrogen) atoms. The van der Waals surface area contributed by atoms with E-state index in [0.717, 1.165) is 19.3 Å². The molecule has 1 fully saturated rings. The van der Waals surface area contributed by atoms with E-state index in [1.165, 1.54) is 23.6 Å². The highest BCUT2D eigenvalue weighted by molar-refractivity contribution is 7.89. The Balaban J connectivity index is 2.37. The fraction of sp³-hybridized carbons (Fsp3) is 1.00. The number of rotatable bonds is 7. The minimum absolute atomic E-state index is 0.330. The molecule has 0 aromatic carbocycles. The molecule has 0 saturated heterocycles. The van der Waals surface area contributed by atoms with E-state index >= 15 is 0 Å². The van der Waals surface area contributed by atoms with Gasteiger partial charge in [-0.2, -0.15) is 0 Å². The lowest BCUT2D eigenvalue weighted by atomic mass is 9.91. The van der Waals surface area contributed by atoms with Gasteiger partial charge in [0.25, 0.3) is 0 Å². The van der Waals surface area contributed by atoms with Gasteiger partial charge in [-0.05, 0) is 25.2 Å². The highest BCUT2D eigenvalue weighted by Crippen LogP contribution is 2.25. The molecule has 1 aliphatic carbocycles. The van der Waals surface area contributed by atoms with Crippen molar-refractivity contribution in [2.45, 2.75) is 38.5 Å². The predicted octanol–water partition coefficient (Wildman–Crippen LogP) is 1.86. The molecular formula is C12H25NO3S. The van der Waals surface area contributed by atoms with Crippen molar-refractivity contribution >= 4 is 10.0 Å². The minimum atomic E-state index is -3.06. The van der Waals surface area contributed by atoms with Crippen molar-refractivity contribution in [3.63, 3.8) is 0 Å². The summed E-state index contributed by atoms with van der Waals surface area (Å²) in [5.41, 5.74) is 0. The molecule has 0 bridgehead atoms. The van der Waals surface area contributed by atoms with Crippen LogP contribution in [0.25, 0.3) is 0 Å². The molecule has 5 heteroatoms. The molecule has 0 aliphatic heterocycles. The SMILES string of the molecule is COCCCN(C)S(=O)(=O)CC1CCCCC1. The summed E-state index contributed by atoms with van der Waals surface area (Å²) in [7, 11) is 0.247. The summed E-state index contributed by atoms with van der Waals surface area (Å²) in [6.07, 6.45) is 6.55. The van der Waals surface area contributed by atoms with Crippen LogP contribution in [0.5, 0.6) is 0 Å². The third kappa shape index (κ3) is 5.36. The Kier molecular flexibility index (Phi) is 6.44. The second-order valence-electron chi connectivity index (χ2n) is 4.95. The summed E-state index contributed by atoms with van der Waals surface area (Å²) in [5, 5.41) is 0. The molecule has 4 nitrogen and oxygen atoms in total. The molecular weight excluding hydrogens is 238 g/mol. The van der Waals surface area contributed by atoms with Crippen LogP contribution in [0.4, 0.5) is 0 Å². The van der Waals surface area contributed by atoms with Gasteiger partial charge < -0.3 is 4.74 Å². The number of ether oxygens (including phenoxy) is 1. The monoisotopic (exact) mass is 263 g/mol. The van der Waals surface area contributed by atoms with E-state index < -0.39 is 10.0 Å². The van der Waals surface area contributed by atoms with Crippen LogP contribution < -0.4 is 0 Å². The van der Waals surface area contributed by atoms with Crippen molar-refractivity contribution < 1.29 is 13.2 Å². The quantitative estimate of drug-likeness (QED) is 0.659. The van der Waals surface area contributed by atoms with E-state index in [1.54, 1.807) is 14.2 Å². The average Bonchev–Trinajstić information content (AvgIpc) is 2.30. The van der Waals surface area contributed by atoms with E-state index in [9.17, 15) is 8.42 Å². The summed E-state index contributed by atoms with van der Waals surface area (Å²) >= 11 is 0. The van der Waals surface area contributed by atoms with Crippen LogP contribution in [0.15, 0.2) is 0 Å². The smallest absolute Gasteiger partial charge is 0.214 e. The van der Waals surface area contributed by atoms with Crippen LogP contribution >= 0.6 is 0 Å². The lowest BCUT2D eigenvalue weighted by Gasteiger charge is -2.24. The highest BCUT2D eigenvalue weighted by atomic mass is 32.2. The van der Waals surface area contributed by atoms with Gasteiger partial charge >= 0.3 is 0 Å². The number of hydrogen-bond acceptors (Lipinski definition) is 3. The lowest BCUT2D eigenvalue weighted by molar-refractivity contribution is 0.189. The van der Waals surface area contributed by atoms with E-state index in [0.29, 0.717) is 24.8 Å². The van der Waals surface area contributed by atoms with Gasteiger partial charge in [-0.25, -0.2) is 12.7 Å². The van der Waals surface area contributed by atoms with Crippen LogP contribution in [0, 0.1) is 5.92 Å². The van der Waals surface area contributed by atoms with Crippen molar-refractivity contribution in [2.24, 2.45) is 5.92 Å². The lowest BCUT2D eigenvalue weighted by Crippen LogP contribution is -2.33. The largest absolute Gasteiger partial charge is 0.385 e. The number of sulfonamides is 1. The summed E-state index contributed by atoms with van der Waals surface area (Å²) in [6.45, 7) is 1.17. The molecule has 0 radical (unpaired) electrons. The van der Waals surface area contributed by atoms with Gasteiger partial charge in [0.1, 0.15) is 0 Å². The Morgan fingerprint density at radius 2 is 1.88 bits per heavy atom. The van der Waals surface area contributed by atoms with Gasteiger partial charge in [0.15, 0.2) is 0 Å². The van der Waals surface area contributed by atoms with Gasteiger partial charge in [-0.15, -0.1) is 0 Å². The number of methoxy groups -OCH3 is 1. The zero-order valence-electron chi connectivity index (χ0n) is 11.0.